The summed E-state index contributed by atoms with van der Waals surface area (Å²) in [4.78, 5) is 0. The van der Waals surface area contributed by atoms with E-state index >= 15 is 0 Å². The lowest BCUT2D eigenvalue weighted by molar-refractivity contribution is 0.246. The first-order chi connectivity index (χ1) is 6.86. The van der Waals surface area contributed by atoms with Gasteiger partial charge in [-0.1, -0.05) is 58.9 Å². The highest BCUT2D eigenvalue weighted by molar-refractivity contribution is 5.34. The quantitative estimate of drug-likeness (QED) is 0.580. The van der Waals surface area contributed by atoms with Gasteiger partial charge in [-0.15, -0.1) is 0 Å². The Morgan fingerprint density at radius 3 is 2.00 bits per heavy atom. The van der Waals surface area contributed by atoms with Gasteiger partial charge in [-0.2, -0.15) is 0 Å². The zero-order valence-electron chi connectivity index (χ0n) is 11.1. The van der Waals surface area contributed by atoms with E-state index in [0.29, 0.717) is 23.2 Å². The maximum absolute atomic E-state index is 4.39. The van der Waals surface area contributed by atoms with Crippen molar-refractivity contribution in [2.45, 2.75) is 47.5 Å². The van der Waals surface area contributed by atoms with Crippen LogP contribution in [0.1, 0.15) is 47.5 Å². The zero-order chi connectivity index (χ0) is 11.8. The second-order valence-electron chi connectivity index (χ2n) is 5.75. The van der Waals surface area contributed by atoms with E-state index < -0.39 is 0 Å². The molecular formula is C15H26. The second-order valence-corrected chi connectivity index (χ2v) is 5.75. The third-order valence-corrected chi connectivity index (χ3v) is 4.40. The van der Waals surface area contributed by atoms with Crippen LogP contribution in [0, 0.1) is 23.2 Å². The molecule has 86 valence electrons. The fourth-order valence-electron chi connectivity index (χ4n) is 3.39. The number of hydrogen-bond acceptors (Lipinski definition) is 0. The Bertz CT molecular complexity index is 270. The van der Waals surface area contributed by atoms with Crippen LogP contribution in [0.4, 0.5) is 0 Å². The highest BCUT2D eigenvalue weighted by Gasteiger charge is 2.46. The molecule has 1 aliphatic rings. The van der Waals surface area contributed by atoms with Crippen LogP contribution in [0.5, 0.6) is 0 Å². The summed E-state index contributed by atoms with van der Waals surface area (Å²) in [6.07, 6.45) is 2.36. The van der Waals surface area contributed by atoms with Crippen molar-refractivity contribution < 1.29 is 0 Å². The molecule has 0 aromatic heterocycles. The molecule has 0 aromatic carbocycles. The third kappa shape index (κ3) is 1.79. The molecule has 1 fully saturated rings. The van der Waals surface area contributed by atoms with Gasteiger partial charge in [-0.3, -0.25) is 0 Å². The molecule has 0 heteroatoms. The van der Waals surface area contributed by atoms with Crippen molar-refractivity contribution in [3.63, 3.8) is 0 Å². The average molecular weight is 206 g/mol. The smallest absolute Gasteiger partial charge is 0.00307 e. The molecule has 0 amide bonds. The maximum atomic E-state index is 4.39. The lowest BCUT2D eigenvalue weighted by Gasteiger charge is -2.35. The number of allylic oxidation sites excluding steroid dienone is 2. The molecule has 2 unspecified atom stereocenters. The molecule has 1 aliphatic carbocycles. The van der Waals surface area contributed by atoms with Gasteiger partial charge in [0.2, 0.25) is 0 Å². The van der Waals surface area contributed by atoms with Crippen LogP contribution < -0.4 is 0 Å². The van der Waals surface area contributed by atoms with Gasteiger partial charge in [0.25, 0.3) is 0 Å². The minimum Gasteiger partial charge on any atom is -0.0992 e. The summed E-state index contributed by atoms with van der Waals surface area (Å²) >= 11 is 0. The first kappa shape index (κ1) is 12.5. The van der Waals surface area contributed by atoms with Gasteiger partial charge in [0.05, 0.1) is 0 Å². The molecular weight excluding hydrogens is 180 g/mol. The first-order valence-electron chi connectivity index (χ1n) is 6.23. The summed E-state index contributed by atoms with van der Waals surface area (Å²) in [6, 6.07) is 0. The molecule has 0 radical (unpaired) electrons. The molecule has 0 bridgehead atoms. The van der Waals surface area contributed by atoms with Gasteiger partial charge in [0, 0.05) is 5.92 Å². The molecule has 15 heavy (non-hydrogen) atoms. The van der Waals surface area contributed by atoms with E-state index in [4.69, 9.17) is 0 Å². The van der Waals surface area contributed by atoms with Crippen LogP contribution in [0.3, 0.4) is 0 Å². The van der Waals surface area contributed by atoms with Crippen molar-refractivity contribution >= 4 is 0 Å². The van der Waals surface area contributed by atoms with E-state index in [1.807, 2.05) is 0 Å². The number of rotatable bonds is 3. The summed E-state index contributed by atoms with van der Waals surface area (Å²) in [6.45, 7) is 20.2. The van der Waals surface area contributed by atoms with E-state index in [1.165, 1.54) is 17.6 Å². The van der Waals surface area contributed by atoms with Crippen molar-refractivity contribution in [1.82, 2.24) is 0 Å². The fraction of sp³-hybridized carbons (Fsp3) is 0.733. The lowest BCUT2D eigenvalue weighted by Crippen LogP contribution is -2.26. The van der Waals surface area contributed by atoms with E-state index in [-0.39, 0.29) is 0 Å². The highest BCUT2D eigenvalue weighted by atomic mass is 14.5. The predicted octanol–water partition coefficient (Wildman–Crippen LogP) is 4.83. The van der Waals surface area contributed by atoms with Gasteiger partial charge in [-0.25, -0.2) is 0 Å². The van der Waals surface area contributed by atoms with Crippen LogP contribution in [-0.4, -0.2) is 0 Å². The highest BCUT2D eigenvalue weighted by Crippen LogP contribution is 2.56. The monoisotopic (exact) mass is 206 g/mol. The van der Waals surface area contributed by atoms with Crippen molar-refractivity contribution in [3.05, 3.63) is 24.3 Å². The second kappa shape index (κ2) is 4.15. The lowest BCUT2D eigenvalue weighted by atomic mass is 9.69. The number of hydrogen-bond donors (Lipinski definition) is 0. The van der Waals surface area contributed by atoms with Gasteiger partial charge < -0.3 is 0 Å². The van der Waals surface area contributed by atoms with E-state index in [2.05, 4.69) is 47.8 Å². The standard InChI is InChI=1S/C15H26/c1-8-15(11(4)5)9-12(6)14(10(2)3)13(15)7/h10-11,14H,6-9H2,1-5H3. The Labute approximate surface area is 95.5 Å². The zero-order valence-corrected chi connectivity index (χ0v) is 11.1. The van der Waals surface area contributed by atoms with Gasteiger partial charge in [0.1, 0.15) is 0 Å². The van der Waals surface area contributed by atoms with E-state index in [1.54, 1.807) is 0 Å². The molecule has 0 spiro atoms. The summed E-state index contributed by atoms with van der Waals surface area (Å²) in [5, 5.41) is 0. The average Bonchev–Trinajstić information content (AvgIpc) is 2.38. The predicted molar refractivity (Wildman–Crippen MR) is 68.8 cm³/mol. The minimum atomic E-state index is 0.325. The molecule has 0 aromatic rings. The molecule has 1 rings (SSSR count). The first-order valence-corrected chi connectivity index (χ1v) is 6.23. The molecule has 2 atom stereocenters. The molecule has 0 aliphatic heterocycles. The topological polar surface area (TPSA) is 0 Å². The third-order valence-electron chi connectivity index (χ3n) is 4.40. The largest absolute Gasteiger partial charge is 0.0992 e. The Kier molecular flexibility index (Phi) is 3.48. The van der Waals surface area contributed by atoms with Crippen molar-refractivity contribution in [2.24, 2.45) is 23.2 Å². The Morgan fingerprint density at radius 1 is 1.27 bits per heavy atom. The molecule has 0 heterocycles. The Morgan fingerprint density at radius 2 is 1.80 bits per heavy atom. The Balaban J connectivity index is 3.08. The van der Waals surface area contributed by atoms with E-state index in [0.717, 1.165) is 6.42 Å². The van der Waals surface area contributed by atoms with Crippen LogP contribution in [0.25, 0.3) is 0 Å². The summed E-state index contributed by atoms with van der Waals surface area (Å²) < 4.78 is 0. The molecule has 0 saturated heterocycles. The fourth-order valence-corrected chi connectivity index (χ4v) is 3.39. The SMILES string of the molecule is C=C1CC(CC)(C(C)C)C(=C)C1C(C)C. The van der Waals surface area contributed by atoms with Crippen LogP contribution >= 0.6 is 0 Å². The summed E-state index contributed by atoms with van der Waals surface area (Å²) in [5.74, 6) is 1.88. The van der Waals surface area contributed by atoms with E-state index in [9.17, 15) is 0 Å². The van der Waals surface area contributed by atoms with Gasteiger partial charge in [-0.05, 0) is 30.1 Å². The maximum Gasteiger partial charge on any atom is 0.00307 e. The normalized spacial score (nSPS) is 32.1. The molecule has 1 saturated carbocycles. The summed E-state index contributed by atoms with van der Waals surface area (Å²) in [7, 11) is 0. The van der Waals surface area contributed by atoms with Crippen LogP contribution in [0.2, 0.25) is 0 Å². The van der Waals surface area contributed by atoms with Crippen LogP contribution in [-0.2, 0) is 0 Å². The Hall–Kier alpha value is -0.520. The minimum absolute atomic E-state index is 0.325. The van der Waals surface area contributed by atoms with Gasteiger partial charge >= 0.3 is 0 Å². The van der Waals surface area contributed by atoms with Crippen molar-refractivity contribution in [1.29, 1.82) is 0 Å². The molecule has 0 N–H and O–H groups in total. The van der Waals surface area contributed by atoms with Gasteiger partial charge in [0.15, 0.2) is 0 Å². The van der Waals surface area contributed by atoms with Crippen molar-refractivity contribution in [2.75, 3.05) is 0 Å². The van der Waals surface area contributed by atoms with Crippen molar-refractivity contribution in [3.8, 4) is 0 Å². The van der Waals surface area contributed by atoms with Crippen LogP contribution in [0.15, 0.2) is 24.3 Å². The summed E-state index contributed by atoms with van der Waals surface area (Å²) in [5.41, 5.74) is 3.18. The molecule has 0 nitrogen and oxygen atoms in total.